The molecule has 286 valence electrons. The molecule has 0 spiro atoms. The highest BCUT2D eigenvalue weighted by Crippen LogP contribution is 2.32. The topological polar surface area (TPSA) is 170 Å². The monoisotopic (exact) mass is 747 g/mol. The van der Waals surface area contributed by atoms with E-state index in [9.17, 15) is 13.6 Å². The van der Waals surface area contributed by atoms with Crippen molar-refractivity contribution < 1.29 is 13.2 Å². The van der Waals surface area contributed by atoms with E-state index in [1.807, 2.05) is 56.3 Å². The first-order valence-corrected chi connectivity index (χ1v) is 17.7. The second-order valence-electron chi connectivity index (χ2n) is 12.2. The molecule has 1 aromatic heterocycles. The number of nitrogens with zero attached hydrogens (tertiary/aromatic N) is 2. The Morgan fingerprint density at radius 2 is 1.40 bits per heavy atom. The summed E-state index contributed by atoms with van der Waals surface area (Å²) >= 11 is 0. The summed E-state index contributed by atoms with van der Waals surface area (Å²) in [5.74, 6) is -0.471. The molecule has 6 aromatic rings. The van der Waals surface area contributed by atoms with E-state index in [0.717, 1.165) is 29.5 Å². The summed E-state index contributed by atoms with van der Waals surface area (Å²) < 4.78 is 33.5. The van der Waals surface area contributed by atoms with Gasteiger partial charge in [0.15, 0.2) is 23.5 Å². The summed E-state index contributed by atoms with van der Waals surface area (Å²) in [5.41, 5.74) is 9.43. The zero-order chi connectivity index (χ0) is 40.1. The SMILES string of the molecule is CCNC(=N)N(c1cccc(CC)c1)c1cccc2ccc(=O)oc12.CCc1ccc(F)c(N(C)C(=N)Nc2ccc(F)c3ccccc23)c1.CNC(=N)N. The van der Waals surface area contributed by atoms with Gasteiger partial charge in [0, 0.05) is 54.2 Å². The Labute approximate surface area is 319 Å². The Morgan fingerprint density at radius 3 is 2.07 bits per heavy atom. The molecule has 0 saturated heterocycles. The van der Waals surface area contributed by atoms with Gasteiger partial charge in [0.1, 0.15) is 11.6 Å². The predicted octanol–water partition coefficient (Wildman–Crippen LogP) is 8.30. The third kappa shape index (κ3) is 10.4. The van der Waals surface area contributed by atoms with E-state index in [1.54, 1.807) is 61.5 Å². The highest BCUT2D eigenvalue weighted by atomic mass is 19.1. The van der Waals surface area contributed by atoms with E-state index < -0.39 is 11.4 Å². The van der Waals surface area contributed by atoms with E-state index in [2.05, 4.69) is 28.9 Å². The van der Waals surface area contributed by atoms with Gasteiger partial charge >= 0.3 is 5.63 Å². The Hall–Kier alpha value is -6.76. The summed E-state index contributed by atoms with van der Waals surface area (Å²) in [4.78, 5) is 14.9. The molecule has 6 rings (SSSR count). The van der Waals surface area contributed by atoms with Crippen molar-refractivity contribution in [2.24, 2.45) is 5.73 Å². The highest BCUT2D eigenvalue weighted by Gasteiger charge is 2.19. The number of para-hydroxylation sites is 1. The van der Waals surface area contributed by atoms with Crippen molar-refractivity contribution >= 4 is 62.4 Å². The van der Waals surface area contributed by atoms with Gasteiger partial charge < -0.3 is 31.0 Å². The molecule has 55 heavy (non-hydrogen) atoms. The number of fused-ring (bicyclic) bond motifs is 2. The number of rotatable bonds is 7. The minimum absolute atomic E-state index is 0.00362. The zero-order valence-corrected chi connectivity index (χ0v) is 31.6. The maximum absolute atomic E-state index is 14.1. The maximum Gasteiger partial charge on any atom is 0.336 e. The molecule has 1 heterocycles. The molecule has 0 aliphatic heterocycles. The van der Waals surface area contributed by atoms with Crippen molar-refractivity contribution in [2.75, 3.05) is 35.8 Å². The lowest BCUT2D eigenvalue weighted by atomic mass is 10.1. The molecule has 0 saturated carbocycles. The van der Waals surface area contributed by atoms with Crippen LogP contribution < -0.4 is 37.1 Å². The van der Waals surface area contributed by atoms with Crippen molar-refractivity contribution in [1.29, 1.82) is 16.2 Å². The Bertz CT molecular complexity index is 2350. The van der Waals surface area contributed by atoms with E-state index in [0.29, 0.717) is 40.0 Å². The van der Waals surface area contributed by atoms with E-state index in [1.165, 1.54) is 28.7 Å². The first-order valence-electron chi connectivity index (χ1n) is 17.7. The molecule has 0 fully saturated rings. The quantitative estimate of drug-likeness (QED) is 0.0486. The first-order chi connectivity index (χ1) is 26.4. The number of nitrogens with one attached hydrogen (secondary N) is 6. The molecule has 0 bridgehead atoms. The van der Waals surface area contributed by atoms with Crippen LogP contribution in [0.1, 0.15) is 31.9 Å². The highest BCUT2D eigenvalue weighted by molar-refractivity contribution is 6.09. The fourth-order valence-electron chi connectivity index (χ4n) is 5.54. The van der Waals surface area contributed by atoms with Crippen molar-refractivity contribution in [1.82, 2.24) is 10.6 Å². The van der Waals surface area contributed by atoms with Crippen LogP contribution in [0.2, 0.25) is 0 Å². The number of hydrogen-bond donors (Lipinski definition) is 7. The molecule has 0 amide bonds. The minimum Gasteiger partial charge on any atom is -0.420 e. The minimum atomic E-state index is -0.405. The van der Waals surface area contributed by atoms with Crippen LogP contribution in [0, 0.1) is 27.9 Å². The van der Waals surface area contributed by atoms with Crippen LogP contribution in [0.5, 0.6) is 0 Å². The third-order valence-electron chi connectivity index (χ3n) is 8.52. The second kappa shape index (κ2) is 19.4. The van der Waals surface area contributed by atoms with Gasteiger partial charge in [-0.05, 0) is 79.4 Å². The van der Waals surface area contributed by atoms with Crippen LogP contribution in [-0.4, -0.2) is 38.5 Å². The average Bonchev–Trinajstić information content (AvgIpc) is 3.20. The lowest BCUT2D eigenvalue weighted by Crippen LogP contribution is -2.37. The Kier molecular flexibility index (Phi) is 14.4. The molecule has 0 aliphatic rings. The van der Waals surface area contributed by atoms with Crippen molar-refractivity contribution in [2.45, 2.75) is 33.6 Å². The molecule has 0 radical (unpaired) electrons. The van der Waals surface area contributed by atoms with Crippen molar-refractivity contribution in [3.8, 4) is 0 Å². The van der Waals surface area contributed by atoms with Crippen LogP contribution in [-0.2, 0) is 12.8 Å². The van der Waals surface area contributed by atoms with E-state index in [-0.39, 0.29) is 23.7 Å². The largest absolute Gasteiger partial charge is 0.420 e. The van der Waals surface area contributed by atoms with Crippen LogP contribution >= 0.6 is 0 Å². The van der Waals surface area contributed by atoms with Gasteiger partial charge in [0.25, 0.3) is 0 Å². The van der Waals surface area contributed by atoms with Crippen LogP contribution in [0.15, 0.2) is 118 Å². The van der Waals surface area contributed by atoms with Crippen LogP contribution in [0.3, 0.4) is 0 Å². The first kappa shape index (κ1) is 41.0. The third-order valence-corrected chi connectivity index (χ3v) is 8.52. The molecule has 11 nitrogen and oxygen atoms in total. The number of nitrogens with two attached hydrogens (primary N) is 1. The molecular weight excluding hydrogens is 701 g/mol. The zero-order valence-electron chi connectivity index (χ0n) is 31.6. The number of aryl methyl sites for hydroxylation is 2. The lowest BCUT2D eigenvalue weighted by molar-refractivity contribution is 0.561. The summed E-state index contributed by atoms with van der Waals surface area (Å²) in [6.45, 7) is 6.65. The van der Waals surface area contributed by atoms with Gasteiger partial charge in [0.2, 0.25) is 0 Å². The predicted molar refractivity (Wildman–Crippen MR) is 222 cm³/mol. The van der Waals surface area contributed by atoms with Crippen molar-refractivity contribution in [3.63, 3.8) is 0 Å². The van der Waals surface area contributed by atoms with E-state index in [4.69, 9.17) is 26.4 Å². The molecule has 0 atom stereocenters. The van der Waals surface area contributed by atoms with E-state index >= 15 is 0 Å². The molecule has 13 heteroatoms. The fourth-order valence-corrected chi connectivity index (χ4v) is 5.54. The smallest absolute Gasteiger partial charge is 0.336 e. The summed E-state index contributed by atoms with van der Waals surface area (Å²) in [5, 5.41) is 33.5. The summed E-state index contributed by atoms with van der Waals surface area (Å²) in [7, 11) is 3.22. The Morgan fingerprint density at radius 1 is 0.745 bits per heavy atom. The van der Waals surface area contributed by atoms with Crippen molar-refractivity contribution in [3.05, 3.63) is 142 Å². The van der Waals surface area contributed by atoms with Gasteiger partial charge in [-0.2, -0.15) is 0 Å². The van der Waals surface area contributed by atoms with Gasteiger partial charge in [-0.1, -0.05) is 68.4 Å². The summed E-state index contributed by atoms with van der Waals surface area (Å²) in [6, 6.07) is 31.7. The number of halogens is 2. The second-order valence-corrected chi connectivity index (χ2v) is 12.2. The van der Waals surface area contributed by atoms with Gasteiger partial charge in [-0.25, -0.2) is 13.6 Å². The molecule has 8 N–H and O–H groups in total. The molecule has 0 aliphatic carbocycles. The van der Waals surface area contributed by atoms with Crippen LogP contribution in [0.25, 0.3) is 21.7 Å². The number of hydrogen-bond acceptors (Lipinski definition) is 5. The van der Waals surface area contributed by atoms with Gasteiger partial charge in [-0.15, -0.1) is 0 Å². The summed E-state index contributed by atoms with van der Waals surface area (Å²) in [6.07, 6.45) is 1.69. The lowest BCUT2D eigenvalue weighted by Gasteiger charge is -2.26. The number of anilines is 4. The number of guanidine groups is 3. The molecular formula is C42H47F2N9O2. The number of benzene rings is 5. The average molecular weight is 748 g/mol. The standard InChI is InChI=1S/C20H19F2N3.C20H21N3O2.C2H7N3/c1-3-13-8-9-17(22)19(12-13)25(2)20(23)24-18-11-10-16(21)14-6-4-5-7-15(14)18;1-3-14-7-5-9-16(13-14)23(20(21)22-4-2)17-10-6-8-15-11-12-18(24)25-19(15)17;1-5-2(3)4/h4-12H,3H2,1-2H3,(H2,23,24);5-13H,3-4H2,1-2H3,(H2,21,22);1H3,(H4,3,4,5). The normalized spacial score (nSPS) is 10.3. The molecule has 5 aromatic carbocycles. The maximum atomic E-state index is 14.1. The van der Waals surface area contributed by atoms with Gasteiger partial charge in [-0.3, -0.25) is 21.1 Å². The Balaban J connectivity index is 0.000000218. The molecule has 0 unspecified atom stereocenters. The van der Waals surface area contributed by atoms with Crippen LogP contribution in [0.4, 0.5) is 31.5 Å². The van der Waals surface area contributed by atoms with Gasteiger partial charge in [0.05, 0.1) is 11.4 Å². The fraction of sp³-hybridized carbons (Fsp3) is 0.190.